The van der Waals surface area contributed by atoms with Gasteiger partial charge in [-0.2, -0.15) is 0 Å². The number of rotatable bonds is 1. The molecule has 0 N–H and O–H groups in total. The summed E-state index contributed by atoms with van der Waals surface area (Å²) in [7, 11) is 1.87. The van der Waals surface area contributed by atoms with Gasteiger partial charge in [-0.3, -0.25) is 0 Å². The first-order valence-corrected chi connectivity index (χ1v) is 8.56. The van der Waals surface area contributed by atoms with Crippen LogP contribution in [0.4, 0.5) is 0 Å². The van der Waals surface area contributed by atoms with Crippen LogP contribution in [0.3, 0.4) is 0 Å². The number of aryl methyl sites for hydroxylation is 3. The molecule has 0 aliphatic rings. The number of nitrogens with zero attached hydrogens (tertiary/aromatic N) is 2. The van der Waals surface area contributed by atoms with Gasteiger partial charge in [0.15, 0.2) is 7.05 Å². The first-order chi connectivity index (χ1) is 13.9. The number of furan rings is 1. The molecule has 0 fully saturated rings. The molecule has 0 aliphatic heterocycles. The van der Waals surface area contributed by atoms with Crippen LogP contribution < -0.4 is 4.68 Å². The summed E-state index contributed by atoms with van der Waals surface area (Å²) < 4.78 is 32.6. The van der Waals surface area contributed by atoms with Gasteiger partial charge in [-0.25, -0.2) is 0 Å². The third kappa shape index (κ3) is 2.00. The van der Waals surface area contributed by atoms with Crippen LogP contribution in [0.5, 0.6) is 0 Å². The summed E-state index contributed by atoms with van der Waals surface area (Å²) in [5.41, 5.74) is 4.19. The molecule has 3 aromatic carbocycles. The van der Waals surface area contributed by atoms with E-state index in [1.54, 1.807) is 16.9 Å². The Morgan fingerprint density at radius 2 is 1.85 bits per heavy atom. The summed E-state index contributed by atoms with van der Waals surface area (Å²) in [6, 6.07) is 17.6. The number of hydrogen-bond acceptors (Lipinski definition) is 2. The molecule has 0 atom stereocenters. The molecule has 0 unspecified atom stereocenters. The van der Waals surface area contributed by atoms with Crippen molar-refractivity contribution in [1.29, 1.82) is 0 Å². The zero-order valence-electron chi connectivity index (χ0n) is 17.6. The third-order valence-electron chi connectivity index (χ3n) is 5.02. The number of aromatic nitrogens is 2. The standard InChI is InChI=1S/C23H19N2O/c1-14-13-15(2)21(19-9-6-12-24-25(19)3)23-20(14)18-11-10-16-7-4-5-8-17(16)22(18)26-23/h4-13H,1-3H3/q+1/i1D3. The highest BCUT2D eigenvalue weighted by atomic mass is 16.3. The molecule has 2 aromatic heterocycles. The van der Waals surface area contributed by atoms with E-state index in [9.17, 15) is 0 Å². The fourth-order valence-electron chi connectivity index (χ4n) is 3.81. The molecule has 3 nitrogen and oxygen atoms in total. The molecule has 0 spiro atoms. The van der Waals surface area contributed by atoms with E-state index in [1.165, 1.54) is 0 Å². The molecule has 5 aromatic rings. The smallest absolute Gasteiger partial charge is 0.242 e. The highest BCUT2D eigenvalue weighted by molar-refractivity contribution is 6.18. The predicted molar refractivity (Wildman–Crippen MR) is 105 cm³/mol. The normalized spacial score (nSPS) is 13.8. The summed E-state index contributed by atoms with van der Waals surface area (Å²) in [6.07, 6.45) is 1.72. The molecule has 26 heavy (non-hydrogen) atoms. The van der Waals surface area contributed by atoms with Crippen LogP contribution in [0, 0.1) is 13.8 Å². The highest BCUT2D eigenvalue weighted by Crippen LogP contribution is 2.41. The van der Waals surface area contributed by atoms with Crippen molar-refractivity contribution in [3.63, 3.8) is 0 Å². The fraction of sp³-hybridized carbons (Fsp3) is 0.130. The average molecular weight is 342 g/mol. The molecule has 0 saturated carbocycles. The lowest BCUT2D eigenvalue weighted by Gasteiger charge is -2.06. The SMILES string of the molecule is [2H]C([2H])([2H])c1cc(C)c(-c2cccn[n+]2C)c2oc3c4ccccc4ccc3c12. The van der Waals surface area contributed by atoms with Crippen LogP contribution in [0.25, 0.3) is 44.0 Å². The zero-order chi connectivity index (χ0) is 20.3. The summed E-state index contributed by atoms with van der Waals surface area (Å²) in [5, 5.41) is 7.83. The molecule has 126 valence electrons. The lowest BCUT2D eigenvalue weighted by molar-refractivity contribution is -0.720. The summed E-state index contributed by atoms with van der Waals surface area (Å²) in [6.45, 7) is -0.330. The van der Waals surface area contributed by atoms with Gasteiger partial charge in [0.05, 0.1) is 11.8 Å². The topological polar surface area (TPSA) is 29.9 Å². The Hall–Kier alpha value is -3.20. The Bertz CT molecular complexity index is 1420. The minimum Gasteiger partial charge on any atom is -0.454 e. The van der Waals surface area contributed by atoms with Crippen molar-refractivity contribution >= 4 is 32.7 Å². The molecule has 0 saturated heterocycles. The Kier molecular flexibility index (Phi) is 2.53. The van der Waals surface area contributed by atoms with Crippen LogP contribution in [-0.2, 0) is 7.05 Å². The summed E-state index contributed by atoms with van der Waals surface area (Å²) in [4.78, 5) is 0. The summed E-state index contributed by atoms with van der Waals surface area (Å²) in [5.74, 6) is 0. The minimum absolute atomic E-state index is 0.314. The quantitative estimate of drug-likeness (QED) is 0.390. The van der Waals surface area contributed by atoms with Gasteiger partial charge in [-0.1, -0.05) is 41.1 Å². The second kappa shape index (κ2) is 5.40. The maximum Gasteiger partial charge on any atom is 0.242 e. The first-order valence-electron chi connectivity index (χ1n) is 10.1. The van der Waals surface area contributed by atoms with Crippen LogP contribution in [0.2, 0.25) is 0 Å². The van der Waals surface area contributed by atoms with Crippen molar-refractivity contribution in [3.8, 4) is 11.3 Å². The van der Waals surface area contributed by atoms with Crippen LogP contribution in [-0.4, -0.2) is 5.10 Å². The van der Waals surface area contributed by atoms with E-state index in [1.807, 2.05) is 62.5 Å². The maximum atomic E-state index is 8.12. The van der Waals surface area contributed by atoms with Crippen molar-refractivity contribution in [2.75, 3.05) is 0 Å². The van der Waals surface area contributed by atoms with E-state index in [0.29, 0.717) is 22.1 Å². The van der Waals surface area contributed by atoms with E-state index in [-0.39, 0.29) is 0 Å². The van der Waals surface area contributed by atoms with Gasteiger partial charge >= 0.3 is 0 Å². The van der Waals surface area contributed by atoms with Crippen molar-refractivity contribution in [3.05, 3.63) is 71.9 Å². The largest absolute Gasteiger partial charge is 0.454 e. The van der Waals surface area contributed by atoms with Gasteiger partial charge in [-0.05, 0) is 47.5 Å². The van der Waals surface area contributed by atoms with Gasteiger partial charge < -0.3 is 4.42 Å². The second-order valence-electron chi connectivity index (χ2n) is 6.62. The van der Waals surface area contributed by atoms with Gasteiger partial charge in [0.2, 0.25) is 5.69 Å². The third-order valence-corrected chi connectivity index (χ3v) is 5.02. The fourth-order valence-corrected chi connectivity index (χ4v) is 3.81. The van der Waals surface area contributed by atoms with E-state index >= 15 is 0 Å². The van der Waals surface area contributed by atoms with Gasteiger partial charge in [-0.15, -0.1) is 0 Å². The van der Waals surface area contributed by atoms with Gasteiger partial charge in [0, 0.05) is 26.3 Å². The molecular formula is C23H19N2O+. The van der Waals surface area contributed by atoms with E-state index in [0.717, 1.165) is 33.0 Å². The molecule has 5 rings (SSSR count). The Morgan fingerprint density at radius 1 is 0.962 bits per heavy atom. The van der Waals surface area contributed by atoms with Crippen molar-refractivity contribution in [2.24, 2.45) is 7.05 Å². The molecule has 0 amide bonds. The van der Waals surface area contributed by atoms with Gasteiger partial charge in [0.25, 0.3) is 0 Å². The molecule has 2 heterocycles. The van der Waals surface area contributed by atoms with E-state index in [2.05, 4.69) is 5.10 Å². The van der Waals surface area contributed by atoms with Crippen LogP contribution in [0.15, 0.2) is 65.2 Å². The zero-order valence-corrected chi connectivity index (χ0v) is 14.6. The first kappa shape index (κ1) is 12.2. The predicted octanol–water partition coefficient (Wildman–Crippen LogP) is 5.24. The number of fused-ring (bicyclic) bond motifs is 5. The Labute approximate surface area is 155 Å². The number of hydrogen-bond donors (Lipinski definition) is 0. The van der Waals surface area contributed by atoms with Crippen molar-refractivity contribution in [1.82, 2.24) is 5.10 Å². The lowest BCUT2D eigenvalue weighted by Crippen LogP contribution is -2.35. The van der Waals surface area contributed by atoms with Crippen LogP contribution >= 0.6 is 0 Å². The van der Waals surface area contributed by atoms with Crippen molar-refractivity contribution in [2.45, 2.75) is 13.8 Å². The van der Waals surface area contributed by atoms with E-state index < -0.39 is 6.85 Å². The molecule has 3 heteroatoms. The summed E-state index contributed by atoms with van der Waals surface area (Å²) >= 11 is 0. The van der Waals surface area contributed by atoms with Crippen LogP contribution in [0.1, 0.15) is 15.2 Å². The number of benzene rings is 3. The lowest BCUT2D eigenvalue weighted by atomic mass is 9.96. The van der Waals surface area contributed by atoms with Gasteiger partial charge in [0.1, 0.15) is 11.2 Å². The molecule has 0 radical (unpaired) electrons. The van der Waals surface area contributed by atoms with E-state index in [4.69, 9.17) is 8.53 Å². The second-order valence-corrected chi connectivity index (χ2v) is 6.62. The van der Waals surface area contributed by atoms with Crippen molar-refractivity contribution < 1.29 is 13.2 Å². The molecule has 0 aliphatic carbocycles. The molecular weight excluding hydrogens is 320 g/mol. The minimum atomic E-state index is -2.25. The monoisotopic (exact) mass is 342 g/mol. The Balaban J connectivity index is 2.04. The average Bonchev–Trinajstić information content (AvgIpc) is 3.07. The highest BCUT2D eigenvalue weighted by Gasteiger charge is 2.23. The molecule has 0 bridgehead atoms. The Morgan fingerprint density at radius 3 is 2.69 bits per heavy atom. The maximum absolute atomic E-state index is 8.12.